The second-order valence-electron chi connectivity index (χ2n) is 5.01. The van der Waals surface area contributed by atoms with E-state index in [2.05, 4.69) is 30.4 Å². The Labute approximate surface area is 121 Å². The zero-order chi connectivity index (χ0) is 13.5. The van der Waals surface area contributed by atoms with E-state index >= 15 is 0 Å². The van der Waals surface area contributed by atoms with Gasteiger partial charge >= 0.3 is 0 Å². The highest BCUT2D eigenvalue weighted by molar-refractivity contribution is 7.18. The second-order valence-corrected chi connectivity index (χ2v) is 6.07. The zero-order valence-electron chi connectivity index (χ0n) is 11.1. The van der Waals surface area contributed by atoms with Gasteiger partial charge in [-0.3, -0.25) is 0 Å². The molecule has 1 aliphatic rings. The average molecular weight is 282 g/mol. The van der Waals surface area contributed by atoms with Gasteiger partial charge in [0, 0.05) is 0 Å². The lowest BCUT2D eigenvalue weighted by Crippen LogP contribution is -2.23. The molecule has 1 atom stereocenters. The Hall–Kier alpha value is -2.07. The number of anilines is 1. The van der Waals surface area contributed by atoms with Gasteiger partial charge in [-0.25, -0.2) is 4.98 Å². The smallest absolute Gasteiger partial charge is 0.167 e. The van der Waals surface area contributed by atoms with Crippen LogP contribution in [0.3, 0.4) is 0 Å². The Morgan fingerprint density at radius 1 is 1.25 bits per heavy atom. The van der Waals surface area contributed by atoms with E-state index in [0.717, 1.165) is 28.5 Å². The van der Waals surface area contributed by atoms with E-state index < -0.39 is 0 Å². The molecule has 2 heterocycles. The molecule has 0 bridgehead atoms. The molecule has 1 aromatic heterocycles. The molecule has 100 valence electrons. The molecule has 0 amide bonds. The Balaban J connectivity index is 1.70. The van der Waals surface area contributed by atoms with Gasteiger partial charge in [-0.2, -0.15) is 0 Å². The molecule has 0 saturated carbocycles. The van der Waals surface area contributed by atoms with E-state index in [1.807, 2.05) is 24.3 Å². The van der Waals surface area contributed by atoms with Gasteiger partial charge in [0.15, 0.2) is 6.10 Å². The van der Waals surface area contributed by atoms with Crippen molar-refractivity contribution >= 4 is 27.2 Å². The summed E-state index contributed by atoms with van der Waals surface area (Å²) in [6, 6.07) is 14.4. The first-order valence-electron chi connectivity index (χ1n) is 6.66. The minimum absolute atomic E-state index is 0.0115. The third-order valence-electron chi connectivity index (χ3n) is 3.47. The van der Waals surface area contributed by atoms with Gasteiger partial charge < -0.3 is 10.1 Å². The van der Waals surface area contributed by atoms with Crippen LogP contribution >= 0.6 is 11.3 Å². The topological polar surface area (TPSA) is 34.1 Å². The van der Waals surface area contributed by atoms with E-state index in [0.29, 0.717) is 0 Å². The van der Waals surface area contributed by atoms with Crippen LogP contribution in [-0.4, -0.2) is 11.5 Å². The second kappa shape index (κ2) is 4.49. The maximum absolute atomic E-state index is 6.06. The van der Waals surface area contributed by atoms with Crippen molar-refractivity contribution in [3.05, 3.63) is 53.0 Å². The maximum Gasteiger partial charge on any atom is 0.167 e. The van der Waals surface area contributed by atoms with Crippen molar-refractivity contribution in [1.29, 1.82) is 0 Å². The fourth-order valence-electron chi connectivity index (χ4n) is 2.44. The summed E-state index contributed by atoms with van der Waals surface area (Å²) in [6.07, 6.45) is -0.0115. The predicted molar refractivity (Wildman–Crippen MR) is 82.7 cm³/mol. The van der Waals surface area contributed by atoms with Crippen LogP contribution in [0.1, 0.15) is 16.7 Å². The predicted octanol–water partition coefficient (Wildman–Crippen LogP) is 4.15. The van der Waals surface area contributed by atoms with Crippen molar-refractivity contribution < 1.29 is 4.74 Å². The Morgan fingerprint density at radius 2 is 2.15 bits per heavy atom. The van der Waals surface area contributed by atoms with Gasteiger partial charge in [0.05, 0.1) is 22.4 Å². The van der Waals surface area contributed by atoms with E-state index in [1.54, 1.807) is 11.3 Å². The number of aromatic nitrogens is 1. The Morgan fingerprint density at radius 3 is 3.10 bits per heavy atom. The van der Waals surface area contributed by atoms with Crippen LogP contribution in [0.2, 0.25) is 0 Å². The largest absolute Gasteiger partial charge is 0.479 e. The SMILES string of the molecule is Cc1ccc2sc(C3CNc4ccccc4O3)nc2c1. The minimum Gasteiger partial charge on any atom is -0.479 e. The number of ether oxygens (including phenoxy) is 1. The summed E-state index contributed by atoms with van der Waals surface area (Å²) in [7, 11) is 0. The molecule has 0 spiro atoms. The van der Waals surface area contributed by atoms with E-state index in [9.17, 15) is 0 Å². The first kappa shape index (κ1) is 11.7. The number of thiazole rings is 1. The summed E-state index contributed by atoms with van der Waals surface area (Å²) in [5.41, 5.74) is 3.36. The summed E-state index contributed by atoms with van der Waals surface area (Å²) >= 11 is 1.71. The van der Waals surface area contributed by atoms with Crippen LogP contribution in [-0.2, 0) is 0 Å². The van der Waals surface area contributed by atoms with Crippen molar-refractivity contribution in [2.75, 3.05) is 11.9 Å². The molecule has 20 heavy (non-hydrogen) atoms. The summed E-state index contributed by atoms with van der Waals surface area (Å²) in [4.78, 5) is 4.72. The monoisotopic (exact) mass is 282 g/mol. The van der Waals surface area contributed by atoms with Crippen LogP contribution in [0.5, 0.6) is 5.75 Å². The number of fused-ring (bicyclic) bond motifs is 2. The fourth-order valence-corrected chi connectivity index (χ4v) is 3.42. The molecule has 0 aliphatic carbocycles. The first-order valence-corrected chi connectivity index (χ1v) is 7.48. The van der Waals surface area contributed by atoms with E-state index in [1.165, 1.54) is 10.3 Å². The number of hydrogen-bond donors (Lipinski definition) is 1. The van der Waals surface area contributed by atoms with Crippen LogP contribution in [0.15, 0.2) is 42.5 Å². The quantitative estimate of drug-likeness (QED) is 0.728. The van der Waals surface area contributed by atoms with Gasteiger partial charge in [-0.05, 0) is 36.8 Å². The van der Waals surface area contributed by atoms with Gasteiger partial charge in [-0.15, -0.1) is 11.3 Å². The fraction of sp³-hybridized carbons (Fsp3) is 0.188. The van der Waals surface area contributed by atoms with E-state index in [4.69, 9.17) is 9.72 Å². The zero-order valence-corrected chi connectivity index (χ0v) is 11.9. The molecule has 3 nitrogen and oxygen atoms in total. The summed E-state index contributed by atoms with van der Waals surface area (Å²) in [5.74, 6) is 0.902. The van der Waals surface area contributed by atoms with Crippen LogP contribution in [0.4, 0.5) is 5.69 Å². The average Bonchev–Trinajstić information content (AvgIpc) is 2.89. The van der Waals surface area contributed by atoms with Crippen LogP contribution < -0.4 is 10.1 Å². The normalized spacial score (nSPS) is 17.4. The summed E-state index contributed by atoms with van der Waals surface area (Å²) in [5, 5.41) is 4.44. The molecule has 1 aliphatic heterocycles. The molecular weight excluding hydrogens is 268 g/mol. The molecular formula is C16H14N2OS. The minimum atomic E-state index is -0.0115. The molecule has 3 aromatic rings. The number of nitrogens with one attached hydrogen (secondary N) is 1. The Kier molecular flexibility index (Phi) is 2.63. The third-order valence-corrected chi connectivity index (χ3v) is 4.60. The number of aryl methyl sites for hydroxylation is 1. The molecule has 1 N–H and O–H groups in total. The number of rotatable bonds is 1. The van der Waals surface area contributed by atoms with Crippen LogP contribution in [0, 0.1) is 6.92 Å². The highest BCUT2D eigenvalue weighted by atomic mass is 32.1. The number of nitrogens with zero attached hydrogens (tertiary/aromatic N) is 1. The highest BCUT2D eigenvalue weighted by Gasteiger charge is 2.23. The standard InChI is InChI=1S/C16H14N2OS/c1-10-6-7-15-12(8-10)18-16(20-15)14-9-17-11-4-2-3-5-13(11)19-14/h2-8,14,17H,9H2,1H3. The molecule has 0 radical (unpaired) electrons. The number of para-hydroxylation sites is 2. The van der Waals surface area contributed by atoms with Crippen molar-refractivity contribution in [1.82, 2.24) is 4.98 Å². The lowest BCUT2D eigenvalue weighted by Gasteiger charge is -2.25. The van der Waals surface area contributed by atoms with Crippen molar-refractivity contribution in [2.24, 2.45) is 0 Å². The van der Waals surface area contributed by atoms with Gasteiger partial charge in [0.25, 0.3) is 0 Å². The molecule has 4 heteroatoms. The first-order chi connectivity index (χ1) is 9.79. The van der Waals surface area contributed by atoms with Crippen molar-refractivity contribution in [3.63, 3.8) is 0 Å². The molecule has 0 saturated heterocycles. The molecule has 1 unspecified atom stereocenters. The van der Waals surface area contributed by atoms with Crippen molar-refractivity contribution in [3.8, 4) is 5.75 Å². The molecule has 0 fully saturated rings. The lowest BCUT2D eigenvalue weighted by atomic mass is 10.2. The van der Waals surface area contributed by atoms with Gasteiger partial charge in [0.2, 0.25) is 0 Å². The summed E-state index contributed by atoms with van der Waals surface area (Å²) < 4.78 is 7.28. The van der Waals surface area contributed by atoms with E-state index in [-0.39, 0.29) is 6.10 Å². The number of hydrogen-bond acceptors (Lipinski definition) is 4. The highest BCUT2D eigenvalue weighted by Crippen LogP contribution is 2.36. The van der Waals surface area contributed by atoms with Crippen LogP contribution in [0.25, 0.3) is 10.2 Å². The van der Waals surface area contributed by atoms with Gasteiger partial charge in [-0.1, -0.05) is 18.2 Å². The maximum atomic E-state index is 6.06. The number of benzene rings is 2. The molecule has 2 aromatic carbocycles. The summed E-state index contributed by atoms with van der Waals surface area (Å²) in [6.45, 7) is 2.85. The molecule has 4 rings (SSSR count). The van der Waals surface area contributed by atoms with Crippen molar-refractivity contribution in [2.45, 2.75) is 13.0 Å². The Bertz CT molecular complexity index is 781. The third kappa shape index (κ3) is 1.93. The van der Waals surface area contributed by atoms with Gasteiger partial charge in [0.1, 0.15) is 10.8 Å². The lowest BCUT2D eigenvalue weighted by molar-refractivity contribution is 0.210.